The van der Waals surface area contributed by atoms with Gasteiger partial charge in [0.05, 0.1) is 24.9 Å². The molecule has 1 aromatic rings. The van der Waals surface area contributed by atoms with Gasteiger partial charge in [-0.1, -0.05) is 0 Å². The van der Waals surface area contributed by atoms with Crippen LogP contribution >= 0.6 is 0 Å². The SMILES string of the molecule is COC(=O)C(CCS(=O)(=O)c1ccc(OC)cc1)NC(=O)OC(C)(C)C. The van der Waals surface area contributed by atoms with Crippen LogP contribution in [-0.4, -0.2) is 52.1 Å². The molecular formula is C17H25NO7S. The molecule has 146 valence electrons. The van der Waals surface area contributed by atoms with E-state index < -0.39 is 33.5 Å². The highest BCUT2D eigenvalue weighted by atomic mass is 32.2. The highest BCUT2D eigenvalue weighted by Gasteiger charge is 2.27. The molecule has 1 amide bonds. The van der Waals surface area contributed by atoms with Gasteiger partial charge in [0, 0.05) is 0 Å². The zero-order valence-corrected chi connectivity index (χ0v) is 16.4. The average molecular weight is 387 g/mol. The van der Waals surface area contributed by atoms with Crippen molar-refractivity contribution in [1.29, 1.82) is 0 Å². The summed E-state index contributed by atoms with van der Waals surface area (Å²) < 4.78 is 39.5. The molecule has 0 saturated carbocycles. The largest absolute Gasteiger partial charge is 0.497 e. The van der Waals surface area contributed by atoms with Gasteiger partial charge in [0.15, 0.2) is 9.84 Å². The second kappa shape index (κ2) is 8.88. The first-order valence-corrected chi connectivity index (χ1v) is 9.58. The monoisotopic (exact) mass is 387 g/mol. The number of amides is 1. The second-order valence-corrected chi connectivity index (χ2v) is 8.61. The molecule has 1 atom stereocenters. The van der Waals surface area contributed by atoms with Gasteiger partial charge in [0.2, 0.25) is 0 Å². The van der Waals surface area contributed by atoms with Crippen molar-refractivity contribution < 1.29 is 32.2 Å². The van der Waals surface area contributed by atoms with E-state index in [1.54, 1.807) is 20.8 Å². The molecule has 1 rings (SSSR count). The molecule has 1 N–H and O–H groups in total. The predicted octanol–water partition coefficient (Wildman–Crippen LogP) is 1.93. The summed E-state index contributed by atoms with van der Waals surface area (Å²) in [6, 6.07) is 4.77. The van der Waals surface area contributed by atoms with Crippen molar-refractivity contribution in [3.63, 3.8) is 0 Å². The number of rotatable bonds is 7. The van der Waals surface area contributed by atoms with E-state index in [4.69, 9.17) is 9.47 Å². The standard InChI is InChI=1S/C17H25NO7S/c1-17(2,3)25-16(20)18-14(15(19)24-5)10-11-26(21,22)13-8-6-12(23-4)7-9-13/h6-9,14H,10-11H2,1-5H3,(H,18,20). The first-order valence-electron chi connectivity index (χ1n) is 7.92. The van der Waals surface area contributed by atoms with Crippen molar-refractivity contribution in [1.82, 2.24) is 5.32 Å². The fourth-order valence-electron chi connectivity index (χ4n) is 2.01. The van der Waals surface area contributed by atoms with Crippen LogP contribution in [0.2, 0.25) is 0 Å². The van der Waals surface area contributed by atoms with Crippen LogP contribution in [-0.2, 0) is 24.1 Å². The van der Waals surface area contributed by atoms with Crippen LogP contribution in [0.25, 0.3) is 0 Å². The lowest BCUT2D eigenvalue weighted by molar-refractivity contribution is -0.143. The number of sulfone groups is 1. The Balaban J connectivity index is 2.81. The molecule has 1 unspecified atom stereocenters. The molecule has 1 aromatic carbocycles. The van der Waals surface area contributed by atoms with E-state index in [0.29, 0.717) is 5.75 Å². The Hall–Kier alpha value is -2.29. The number of carbonyl (C=O) groups excluding carboxylic acids is 2. The summed E-state index contributed by atoms with van der Waals surface area (Å²) in [4.78, 5) is 23.8. The Morgan fingerprint density at radius 3 is 2.15 bits per heavy atom. The maximum atomic E-state index is 12.4. The maximum absolute atomic E-state index is 12.4. The van der Waals surface area contributed by atoms with Crippen molar-refractivity contribution in [3.05, 3.63) is 24.3 Å². The Bertz CT molecular complexity index is 720. The molecule has 9 heteroatoms. The molecule has 0 bridgehead atoms. The molecule has 0 spiro atoms. The fourth-order valence-corrected chi connectivity index (χ4v) is 3.35. The van der Waals surface area contributed by atoms with E-state index >= 15 is 0 Å². The van der Waals surface area contributed by atoms with Gasteiger partial charge in [0.1, 0.15) is 17.4 Å². The quantitative estimate of drug-likeness (QED) is 0.712. The van der Waals surface area contributed by atoms with Gasteiger partial charge in [-0.3, -0.25) is 0 Å². The van der Waals surface area contributed by atoms with Gasteiger partial charge in [-0.15, -0.1) is 0 Å². The summed E-state index contributed by atoms with van der Waals surface area (Å²) in [5, 5.41) is 2.35. The molecule has 0 aliphatic rings. The number of ether oxygens (including phenoxy) is 3. The number of esters is 1. The Morgan fingerprint density at radius 1 is 1.12 bits per heavy atom. The van der Waals surface area contributed by atoms with E-state index in [9.17, 15) is 18.0 Å². The normalized spacial score (nSPS) is 12.8. The third-order valence-corrected chi connectivity index (χ3v) is 5.03. The minimum absolute atomic E-state index is 0.0965. The van der Waals surface area contributed by atoms with Gasteiger partial charge < -0.3 is 19.5 Å². The van der Waals surface area contributed by atoms with E-state index in [1.165, 1.54) is 31.4 Å². The lowest BCUT2D eigenvalue weighted by Crippen LogP contribution is -2.44. The van der Waals surface area contributed by atoms with E-state index in [0.717, 1.165) is 7.11 Å². The van der Waals surface area contributed by atoms with Gasteiger partial charge in [-0.2, -0.15) is 0 Å². The molecule has 26 heavy (non-hydrogen) atoms. The smallest absolute Gasteiger partial charge is 0.408 e. The molecule has 0 radical (unpaired) electrons. The Kier molecular flexibility index (Phi) is 7.43. The number of nitrogens with one attached hydrogen (secondary N) is 1. The fraction of sp³-hybridized carbons (Fsp3) is 0.529. The zero-order valence-electron chi connectivity index (χ0n) is 15.6. The summed E-state index contributed by atoms with van der Waals surface area (Å²) >= 11 is 0. The van der Waals surface area contributed by atoms with Gasteiger partial charge in [0.25, 0.3) is 0 Å². The number of methoxy groups -OCH3 is 2. The topological polar surface area (TPSA) is 108 Å². The Labute approximate surface area is 153 Å². The zero-order chi connectivity index (χ0) is 20.0. The highest BCUT2D eigenvalue weighted by molar-refractivity contribution is 7.91. The lowest BCUT2D eigenvalue weighted by atomic mass is 10.2. The summed E-state index contributed by atoms with van der Waals surface area (Å²) in [7, 11) is -1.01. The van der Waals surface area contributed by atoms with Gasteiger partial charge in [-0.05, 0) is 51.5 Å². The van der Waals surface area contributed by atoms with Crippen LogP contribution in [0.5, 0.6) is 5.75 Å². The predicted molar refractivity (Wildman–Crippen MR) is 94.8 cm³/mol. The van der Waals surface area contributed by atoms with Crippen molar-refractivity contribution in [3.8, 4) is 5.75 Å². The van der Waals surface area contributed by atoms with Crippen molar-refractivity contribution in [2.75, 3.05) is 20.0 Å². The molecule has 8 nitrogen and oxygen atoms in total. The number of hydrogen-bond acceptors (Lipinski definition) is 7. The summed E-state index contributed by atoms with van der Waals surface area (Å²) in [5.74, 6) is -0.571. The number of hydrogen-bond donors (Lipinski definition) is 1. The number of carbonyl (C=O) groups is 2. The maximum Gasteiger partial charge on any atom is 0.408 e. The molecule has 0 saturated heterocycles. The lowest BCUT2D eigenvalue weighted by Gasteiger charge is -2.22. The average Bonchev–Trinajstić information content (AvgIpc) is 2.56. The third-order valence-electron chi connectivity index (χ3n) is 3.27. The minimum Gasteiger partial charge on any atom is -0.497 e. The minimum atomic E-state index is -3.65. The van der Waals surface area contributed by atoms with E-state index in [1.807, 2.05) is 0 Å². The van der Waals surface area contributed by atoms with Crippen molar-refractivity contribution in [2.24, 2.45) is 0 Å². The van der Waals surface area contributed by atoms with Crippen LogP contribution in [0, 0.1) is 0 Å². The molecule has 0 aliphatic carbocycles. The highest BCUT2D eigenvalue weighted by Crippen LogP contribution is 2.18. The molecule has 0 aliphatic heterocycles. The van der Waals surface area contributed by atoms with Crippen molar-refractivity contribution in [2.45, 2.75) is 43.7 Å². The molecular weight excluding hydrogens is 362 g/mol. The molecule has 0 fully saturated rings. The summed E-state index contributed by atoms with van der Waals surface area (Å²) in [5.41, 5.74) is -0.750. The van der Waals surface area contributed by atoms with Crippen LogP contribution < -0.4 is 10.1 Å². The van der Waals surface area contributed by atoms with E-state index in [-0.39, 0.29) is 17.1 Å². The van der Waals surface area contributed by atoms with Crippen LogP contribution in [0.1, 0.15) is 27.2 Å². The molecule has 0 heterocycles. The number of benzene rings is 1. The first kappa shape index (κ1) is 21.8. The van der Waals surface area contributed by atoms with Crippen LogP contribution in [0.15, 0.2) is 29.2 Å². The first-order chi connectivity index (χ1) is 12.0. The third kappa shape index (κ3) is 6.91. The van der Waals surface area contributed by atoms with Crippen molar-refractivity contribution >= 4 is 21.9 Å². The van der Waals surface area contributed by atoms with E-state index in [2.05, 4.69) is 10.1 Å². The van der Waals surface area contributed by atoms with Crippen LogP contribution in [0.4, 0.5) is 4.79 Å². The molecule has 0 aromatic heterocycles. The summed E-state index contributed by atoms with van der Waals surface area (Å²) in [6.45, 7) is 5.02. The number of alkyl carbamates (subject to hydrolysis) is 1. The van der Waals surface area contributed by atoms with Gasteiger partial charge in [-0.25, -0.2) is 18.0 Å². The Morgan fingerprint density at radius 2 is 1.69 bits per heavy atom. The van der Waals surface area contributed by atoms with Gasteiger partial charge >= 0.3 is 12.1 Å². The summed E-state index contributed by atoms with van der Waals surface area (Å²) in [6.07, 6.45) is -0.977. The second-order valence-electron chi connectivity index (χ2n) is 6.51. The van der Waals surface area contributed by atoms with Crippen LogP contribution in [0.3, 0.4) is 0 Å².